The van der Waals surface area contributed by atoms with E-state index in [1.807, 2.05) is 20.1 Å². The molecule has 0 aromatic rings. The fraction of sp³-hybridized carbons (Fsp3) is 0.750. The second-order valence-corrected chi connectivity index (χ2v) is 9.32. The summed E-state index contributed by atoms with van der Waals surface area (Å²) in [4.78, 5) is 62.2. The van der Waals surface area contributed by atoms with Crippen LogP contribution in [0.5, 0.6) is 0 Å². The molecule has 1 aliphatic rings. The van der Waals surface area contributed by atoms with Gasteiger partial charge in [0.15, 0.2) is 0 Å². The molecule has 4 unspecified atom stereocenters. The van der Waals surface area contributed by atoms with Crippen molar-refractivity contribution in [2.75, 3.05) is 18.6 Å². The van der Waals surface area contributed by atoms with Crippen LogP contribution in [0.25, 0.3) is 0 Å². The van der Waals surface area contributed by atoms with Gasteiger partial charge in [-0.05, 0) is 43.6 Å². The lowest BCUT2D eigenvalue weighted by molar-refractivity contribution is -0.149. The molecule has 0 aliphatic carbocycles. The molecule has 0 saturated carbocycles. The van der Waals surface area contributed by atoms with Crippen LogP contribution in [0.2, 0.25) is 0 Å². The highest BCUT2D eigenvalue weighted by Gasteiger charge is 2.38. The van der Waals surface area contributed by atoms with Gasteiger partial charge in [0.1, 0.15) is 18.1 Å². The third-order valence-corrected chi connectivity index (χ3v) is 5.79. The Balaban J connectivity index is 2.97. The SMILES string of the molecule is CSCCC(NC(=O)C(N)CC(N)=O)C(=O)NC(CC(C)C)C(=O)N1CCCC1C(=O)O. The van der Waals surface area contributed by atoms with Crippen LogP contribution < -0.4 is 22.1 Å². The van der Waals surface area contributed by atoms with Crippen molar-refractivity contribution < 1.29 is 29.1 Å². The monoisotopic (exact) mass is 473 g/mol. The van der Waals surface area contributed by atoms with Gasteiger partial charge in [-0.15, -0.1) is 0 Å². The summed E-state index contributed by atoms with van der Waals surface area (Å²) < 4.78 is 0. The number of rotatable bonds is 13. The van der Waals surface area contributed by atoms with E-state index < -0.39 is 53.8 Å². The second kappa shape index (κ2) is 13.3. The van der Waals surface area contributed by atoms with Crippen molar-refractivity contribution in [2.45, 2.75) is 70.1 Å². The number of nitrogens with two attached hydrogens (primary N) is 2. The lowest BCUT2D eigenvalue weighted by Gasteiger charge is -2.29. The third-order valence-electron chi connectivity index (χ3n) is 5.14. The van der Waals surface area contributed by atoms with Crippen molar-refractivity contribution in [1.82, 2.24) is 15.5 Å². The maximum absolute atomic E-state index is 13.1. The highest BCUT2D eigenvalue weighted by Crippen LogP contribution is 2.20. The Bertz CT molecular complexity index is 704. The molecule has 11 nitrogen and oxygen atoms in total. The van der Waals surface area contributed by atoms with Gasteiger partial charge < -0.3 is 32.1 Å². The number of carboxylic acid groups (broad SMARTS) is 1. The number of carbonyl (C=O) groups is 5. The van der Waals surface area contributed by atoms with E-state index in [0.717, 1.165) is 0 Å². The summed E-state index contributed by atoms with van der Waals surface area (Å²) in [6, 6.07) is -3.99. The summed E-state index contributed by atoms with van der Waals surface area (Å²) >= 11 is 1.48. The van der Waals surface area contributed by atoms with Gasteiger partial charge in [0.25, 0.3) is 0 Å². The van der Waals surface area contributed by atoms with Gasteiger partial charge in [-0.25, -0.2) is 4.79 Å². The number of nitrogens with zero attached hydrogens (tertiary/aromatic N) is 1. The van der Waals surface area contributed by atoms with Crippen LogP contribution in [0.4, 0.5) is 0 Å². The van der Waals surface area contributed by atoms with E-state index in [1.165, 1.54) is 16.7 Å². The van der Waals surface area contributed by atoms with Gasteiger partial charge in [-0.3, -0.25) is 19.2 Å². The normalized spacial score (nSPS) is 18.7. The molecule has 4 amide bonds. The van der Waals surface area contributed by atoms with Crippen LogP contribution in [-0.4, -0.2) is 82.3 Å². The molecule has 12 heteroatoms. The Hall–Kier alpha value is -2.34. The van der Waals surface area contributed by atoms with Crippen molar-refractivity contribution in [1.29, 1.82) is 0 Å². The Morgan fingerprint density at radius 3 is 2.28 bits per heavy atom. The summed E-state index contributed by atoms with van der Waals surface area (Å²) in [6.07, 6.45) is 3.04. The van der Waals surface area contributed by atoms with E-state index in [0.29, 0.717) is 31.6 Å². The van der Waals surface area contributed by atoms with Crippen LogP contribution in [0, 0.1) is 5.92 Å². The Kier molecular flexibility index (Phi) is 11.5. The molecule has 0 radical (unpaired) electrons. The van der Waals surface area contributed by atoms with Crippen molar-refractivity contribution in [3.8, 4) is 0 Å². The summed E-state index contributed by atoms with van der Waals surface area (Å²) in [5.74, 6) is -2.90. The van der Waals surface area contributed by atoms with Crippen LogP contribution in [0.3, 0.4) is 0 Å². The summed E-state index contributed by atoms with van der Waals surface area (Å²) in [6.45, 7) is 4.09. The van der Waals surface area contributed by atoms with Gasteiger partial charge in [0.05, 0.1) is 12.5 Å². The molecule has 1 saturated heterocycles. The number of carboxylic acids is 1. The molecule has 1 rings (SSSR count). The molecule has 0 aromatic carbocycles. The molecular weight excluding hydrogens is 438 g/mol. The molecule has 1 fully saturated rings. The number of hydrogen-bond acceptors (Lipinski definition) is 7. The zero-order chi connectivity index (χ0) is 24.4. The van der Waals surface area contributed by atoms with Crippen LogP contribution in [-0.2, 0) is 24.0 Å². The molecular formula is C20H35N5O6S. The Labute approximate surface area is 192 Å². The minimum atomic E-state index is -1.19. The Morgan fingerprint density at radius 1 is 1.12 bits per heavy atom. The number of amides is 4. The number of aliphatic carboxylic acids is 1. The maximum Gasteiger partial charge on any atom is 0.326 e. The third kappa shape index (κ3) is 8.65. The number of hydrogen-bond donors (Lipinski definition) is 5. The molecule has 1 heterocycles. The van der Waals surface area contributed by atoms with E-state index >= 15 is 0 Å². The van der Waals surface area contributed by atoms with E-state index in [-0.39, 0.29) is 18.8 Å². The van der Waals surface area contributed by atoms with Crippen LogP contribution in [0.1, 0.15) is 46.0 Å². The van der Waals surface area contributed by atoms with E-state index in [1.54, 1.807) is 0 Å². The molecule has 182 valence electrons. The maximum atomic E-state index is 13.1. The van der Waals surface area contributed by atoms with Crippen molar-refractivity contribution in [3.63, 3.8) is 0 Å². The highest BCUT2D eigenvalue weighted by molar-refractivity contribution is 7.98. The largest absolute Gasteiger partial charge is 0.480 e. The van der Waals surface area contributed by atoms with Crippen LogP contribution >= 0.6 is 11.8 Å². The minimum absolute atomic E-state index is 0.0540. The van der Waals surface area contributed by atoms with Crippen LogP contribution in [0.15, 0.2) is 0 Å². The van der Waals surface area contributed by atoms with Crippen molar-refractivity contribution >= 4 is 41.4 Å². The first kappa shape index (κ1) is 27.7. The predicted molar refractivity (Wildman–Crippen MR) is 120 cm³/mol. The summed E-state index contributed by atoms with van der Waals surface area (Å²) in [5, 5.41) is 14.6. The molecule has 0 bridgehead atoms. The number of likely N-dealkylation sites (tertiary alicyclic amines) is 1. The Morgan fingerprint density at radius 2 is 1.75 bits per heavy atom. The first-order valence-corrected chi connectivity index (χ1v) is 12.0. The number of thioether (sulfide) groups is 1. The lowest BCUT2D eigenvalue weighted by Crippen LogP contribution is -2.57. The second-order valence-electron chi connectivity index (χ2n) is 8.34. The topological polar surface area (TPSA) is 185 Å². The van der Waals surface area contributed by atoms with Gasteiger partial charge in [0, 0.05) is 6.54 Å². The molecule has 0 aromatic heterocycles. The molecule has 7 N–H and O–H groups in total. The molecule has 4 atom stereocenters. The minimum Gasteiger partial charge on any atom is -0.480 e. The van der Waals surface area contributed by atoms with Crippen molar-refractivity contribution in [3.05, 3.63) is 0 Å². The van der Waals surface area contributed by atoms with Gasteiger partial charge in [-0.2, -0.15) is 11.8 Å². The molecule has 32 heavy (non-hydrogen) atoms. The molecule has 0 spiro atoms. The number of nitrogens with one attached hydrogen (secondary N) is 2. The summed E-state index contributed by atoms with van der Waals surface area (Å²) in [7, 11) is 0. The zero-order valence-electron chi connectivity index (χ0n) is 18.8. The number of carbonyl (C=O) groups excluding carboxylic acids is 4. The first-order chi connectivity index (χ1) is 15.0. The van der Waals surface area contributed by atoms with E-state index in [4.69, 9.17) is 11.5 Å². The van der Waals surface area contributed by atoms with E-state index in [9.17, 15) is 29.1 Å². The number of primary amides is 1. The highest BCUT2D eigenvalue weighted by atomic mass is 32.2. The zero-order valence-corrected chi connectivity index (χ0v) is 19.7. The molecule has 1 aliphatic heterocycles. The smallest absolute Gasteiger partial charge is 0.326 e. The van der Waals surface area contributed by atoms with Gasteiger partial charge in [-0.1, -0.05) is 13.8 Å². The first-order valence-electron chi connectivity index (χ1n) is 10.6. The van der Waals surface area contributed by atoms with Crippen molar-refractivity contribution in [2.24, 2.45) is 17.4 Å². The average molecular weight is 474 g/mol. The van der Waals surface area contributed by atoms with Gasteiger partial charge >= 0.3 is 5.97 Å². The van der Waals surface area contributed by atoms with Gasteiger partial charge in [0.2, 0.25) is 23.6 Å². The average Bonchev–Trinajstić information content (AvgIpc) is 3.19. The summed E-state index contributed by atoms with van der Waals surface area (Å²) in [5.41, 5.74) is 10.7. The quantitative estimate of drug-likeness (QED) is 0.226. The predicted octanol–water partition coefficient (Wildman–Crippen LogP) is -0.966. The van der Waals surface area contributed by atoms with E-state index in [2.05, 4.69) is 10.6 Å². The standard InChI is InChI=1S/C20H35N5O6S/c1-11(2)9-14(19(29)25-7-4-5-15(25)20(30)31)24-18(28)13(6-8-32-3)23-17(27)12(21)10-16(22)26/h11-15H,4-10,21H2,1-3H3,(H2,22,26)(H,23,27)(H,24,28)(H,30,31). The lowest BCUT2D eigenvalue weighted by atomic mass is 10.0. The fourth-order valence-electron chi connectivity index (χ4n) is 3.55. The fourth-order valence-corrected chi connectivity index (χ4v) is 4.02.